The predicted molar refractivity (Wildman–Crippen MR) is 97.9 cm³/mol. The topological polar surface area (TPSA) is 70.2 Å². The Hall–Kier alpha value is -2.24. The van der Waals surface area contributed by atoms with Gasteiger partial charge in [0.15, 0.2) is 0 Å². The van der Waals surface area contributed by atoms with Crippen LogP contribution in [0.5, 0.6) is 0 Å². The van der Waals surface area contributed by atoms with E-state index in [9.17, 15) is 9.59 Å². The summed E-state index contributed by atoms with van der Waals surface area (Å²) in [5, 5.41) is 9.03. The summed E-state index contributed by atoms with van der Waals surface area (Å²) in [7, 11) is 1.54. The first kappa shape index (κ1) is 18.1. The molecule has 2 aromatic carbocycles. The summed E-state index contributed by atoms with van der Waals surface area (Å²) in [5.41, 5.74) is 2.17. The molecular formula is C17H17Cl2N3O2. The van der Waals surface area contributed by atoms with Gasteiger partial charge in [0.1, 0.15) is 0 Å². The SMILES string of the molecule is CNC(=O)Nc1ccc(NC(=O)CCc2ccc(Cl)cc2Cl)cc1. The first-order valence-corrected chi connectivity index (χ1v) is 8.06. The number of carbonyl (C=O) groups excluding carboxylic acids is 2. The Balaban J connectivity index is 1.86. The predicted octanol–water partition coefficient (Wildman–Crippen LogP) is 4.32. The lowest BCUT2D eigenvalue weighted by atomic mass is 10.1. The summed E-state index contributed by atoms with van der Waals surface area (Å²) in [6.07, 6.45) is 0.831. The van der Waals surface area contributed by atoms with Crippen LogP contribution >= 0.6 is 23.2 Å². The summed E-state index contributed by atoms with van der Waals surface area (Å²) in [5.74, 6) is -0.118. The minimum absolute atomic E-state index is 0.118. The van der Waals surface area contributed by atoms with Gasteiger partial charge < -0.3 is 16.0 Å². The molecule has 7 heteroatoms. The Labute approximate surface area is 150 Å². The first-order valence-electron chi connectivity index (χ1n) is 7.30. The highest BCUT2D eigenvalue weighted by Gasteiger charge is 2.07. The van der Waals surface area contributed by atoms with E-state index in [1.807, 2.05) is 6.07 Å². The molecule has 0 aliphatic rings. The van der Waals surface area contributed by atoms with Crippen LogP contribution in [-0.2, 0) is 11.2 Å². The molecule has 24 heavy (non-hydrogen) atoms. The number of anilines is 2. The van der Waals surface area contributed by atoms with E-state index in [2.05, 4.69) is 16.0 Å². The summed E-state index contributed by atoms with van der Waals surface area (Å²) in [4.78, 5) is 23.2. The summed E-state index contributed by atoms with van der Waals surface area (Å²) < 4.78 is 0. The molecule has 3 N–H and O–H groups in total. The van der Waals surface area contributed by atoms with Crippen LogP contribution in [0, 0.1) is 0 Å². The standard InChI is InChI=1S/C17H17Cl2N3O2/c1-20-17(24)22-14-7-5-13(6-8-14)21-16(23)9-3-11-2-4-12(18)10-15(11)19/h2,4-8,10H,3,9H2,1H3,(H,21,23)(H2,20,22,24). The van der Waals surface area contributed by atoms with Gasteiger partial charge >= 0.3 is 6.03 Å². The van der Waals surface area contributed by atoms with E-state index in [4.69, 9.17) is 23.2 Å². The van der Waals surface area contributed by atoms with Crippen molar-refractivity contribution < 1.29 is 9.59 Å². The Morgan fingerprint density at radius 1 is 0.958 bits per heavy atom. The van der Waals surface area contributed by atoms with Crippen LogP contribution < -0.4 is 16.0 Å². The maximum absolute atomic E-state index is 12.0. The number of hydrogen-bond donors (Lipinski definition) is 3. The number of amides is 3. The number of rotatable bonds is 5. The van der Waals surface area contributed by atoms with Crippen molar-refractivity contribution in [3.8, 4) is 0 Å². The zero-order valence-corrected chi connectivity index (χ0v) is 14.5. The average molecular weight is 366 g/mol. The van der Waals surface area contributed by atoms with E-state index in [0.717, 1.165) is 5.56 Å². The number of nitrogens with one attached hydrogen (secondary N) is 3. The smallest absolute Gasteiger partial charge is 0.318 e. The molecule has 0 bridgehead atoms. The van der Waals surface area contributed by atoms with Crippen molar-refractivity contribution >= 4 is 46.5 Å². The Kier molecular flexibility index (Phi) is 6.46. The zero-order valence-electron chi connectivity index (χ0n) is 13.0. The Morgan fingerprint density at radius 3 is 2.17 bits per heavy atom. The maximum Gasteiger partial charge on any atom is 0.318 e. The third kappa shape index (κ3) is 5.44. The Morgan fingerprint density at radius 2 is 1.58 bits per heavy atom. The van der Waals surface area contributed by atoms with Crippen molar-refractivity contribution in [1.82, 2.24) is 5.32 Å². The molecule has 0 saturated carbocycles. The second kappa shape index (κ2) is 8.57. The lowest BCUT2D eigenvalue weighted by Gasteiger charge is -2.08. The second-order valence-electron chi connectivity index (χ2n) is 5.07. The van der Waals surface area contributed by atoms with Crippen LogP contribution in [0.15, 0.2) is 42.5 Å². The molecule has 0 radical (unpaired) electrons. The van der Waals surface area contributed by atoms with E-state index < -0.39 is 0 Å². The molecular weight excluding hydrogens is 349 g/mol. The normalized spacial score (nSPS) is 10.1. The van der Waals surface area contributed by atoms with Crippen LogP contribution in [0.25, 0.3) is 0 Å². The fourth-order valence-corrected chi connectivity index (χ4v) is 2.53. The molecule has 0 fully saturated rings. The third-order valence-electron chi connectivity index (χ3n) is 3.29. The van der Waals surface area contributed by atoms with Gasteiger partial charge in [-0.05, 0) is 48.4 Å². The Bertz CT molecular complexity index is 733. The van der Waals surface area contributed by atoms with Crippen molar-refractivity contribution in [3.63, 3.8) is 0 Å². The van der Waals surface area contributed by atoms with Crippen molar-refractivity contribution in [1.29, 1.82) is 0 Å². The molecule has 2 aromatic rings. The molecule has 3 amide bonds. The molecule has 0 aliphatic heterocycles. The van der Waals surface area contributed by atoms with Gasteiger partial charge in [0.05, 0.1) is 0 Å². The van der Waals surface area contributed by atoms with Crippen molar-refractivity contribution in [2.45, 2.75) is 12.8 Å². The molecule has 0 aliphatic carbocycles. The fourth-order valence-electron chi connectivity index (χ4n) is 2.03. The maximum atomic E-state index is 12.0. The largest absolute Gasteiger partial charge is 0.341 e. The van der Waals surface area contributed by atoms with Crippen molar-refractivity contribution in [2.24, 2.45) is 0 Å². The lowest BCUT2D eigenvalue weighted by Crippen LogP contribution is -2.24. The molecule has 5 nitrogen and oxygen atoms in total. The van der Waals surface area contributed by atoms with Crippen LogP contribution in [0.3, 0.4) is 0 Å². The third-order valence-corrected chi connectivity index (χ3v) is 3.88. The molecule has 0 spiro atoms. The van der Waals surface area contributed by atoms with E-state index in [0.29, 0.717) is 34.3 Å². The van der Waals surface area contributed by atoms with Crippen LogP contribution in [-0.4, -0.2) is 19.0 Å². The fraction of sp³-hybridized carbons (Fsp3) is 0.176. The minimum atomic E-state index is -0.299. The van der Waals surface area contributed by atoms with Gasteiger partial charge in [0.2, 0.25) is 5.91 Å². The number of aryl methyl sites for hydroxylation is 1. The monoisotopic (exact) mass is 365 g/mol. The number of hydrogen-bond acceptors (Lipinski definition) is 2. The summed E-state index contributed by atoms with van der Waals surface area (Å²) in [6.45, 7) is 0. The molecule has 0 aromatic heterocycles. The molecule has 0 heterocycles. The summed E-state index contributed by atoms with van der Waals surface area (Å²) in [6, 6.07) is 11.8. The number of benzene rings is 2. The molecule has 2 rings (SSSR count). The average Bonchev–Trinajstić information content (AvgIpc) is 2.55. The van der Waals surface area contributed by atoms with E-state index in [-0.39, 0.29) is 11.9 Å². The van der Waals surface area contributed by atoms with Gasteiger partial charge in [-0.3, -0.25) is 4.79 Å². The second-order valence-corrected chi connectivity index (χ2v) is 5.91. The number of halogens is 2. The molecule has 0 atom stereocenters. The molecule has 0 unspecified atom stereocenters. The van der Waals surface area contributed by atoms with Gasteiger partial charge in [0.25, 0.3) is 0 Å². The molecule has 126 valence electrons. The van der Waals surface area contributed by atoms with Gasteiger partial charge in [-0.2, -0.15) is 0 Å². The van der Waals surface area contributed by atoms with Crippen LogP contribution in [0.4, 0.5) is 16.2 Å². The van der Waals surface area contributed by atoms with Gasteiger partial charge in [0, 0.05) is 34.9 Å². The highest BCUT2D eigenvalue weighted by molar-refractivity contribution is 6.35. The van der Waals surface area contributed by atoms with E-state index in [1.54, 1.807) is 36.4 Å². The van der Waals surface area contributed by atoms with Crippen molar-refractivity contribution in [3.05, 3.63) is 58.1 Å². The van der Waals surface area contributed by atoms with E-state index in [1.165, 1.54) is 7.05 Å². The lowest BCUT2D eigenvalue weighted by molar-refractivity contribution is -0.116. The highest BCUT2D eigenvalue weighted by atomic mass is 35.5. The number of urea groups is 1. The van der Waals surface area contributed by atoms with E-state index >= 15 is 0 Å². The summed E-state index contributed by atoms with van der Waals surface area (Å²) >= 11 is 11.9. The quantitative estimate of drug-likeness (QED) is 0.738. The highest BCUT2D eigenvalue weighted by Crippen LogP contribution is 2.22. The van der Waals surface area contributed by atoms with Gasteiger partial charge in [-0.1, -0.05) is 29.3 Å². The first-order chi connectivity index (χ1) is 11.5. The van der Waals surface area contributed by atoms with Gasteiger partial charge in [-0.25, -0.2) is 4.79 Å². The minimum Gasteiger partial charge on any atom is -0.341 e. The number of carbonyl (C=O) groups is 2. The van der Waals surface area contributed by atoms with Crippen LogP contribution in [0.2, 0.25) is 10.0 Å². The van der Waals surface area contributed by atoms with Crippen molar-refractivity contribution in [2.75, 3.05) is 17.7 Å². The van der Waals surface area contributed by atoms with Crippen LogP contribution in [0.1, 0.15) is 12.0 Å². The molecule has 0 saturated heterocycles. The zero-order chi connectivity index (χ0) is 17.5. The van der Waals surface area contributed by atoms with Gasteiger partial charge in [-0.15, -0.1) is 0 Å².